The van der Waals surface area contributed by atoms with Gasteiger partial charge < -0.3 is 4.74 Å². The molecule has 0 aliphatic heterocycles. The zero-order valence-corrected chi connectivity index (χ0v) is 19.1. The summed E-state index contributed by atoms with van der Waals surface area (Å²) in [4.78, 5) is 12.2. The summed E-state index contributed by atoms with van der Waals surface area (Å²) in [5.74, 6) is -0.444. The van der Waals surface area contributed by atoms with Gasteiger partial charge in [0.05, 0.1) is 16.6 Å². The minimum Gasteiger partial charge on any atom is -0.456 e. The van der Waals surface area contributed by atoms with Gasteiger partial charge in [0.1, 0.15) is 22.3 Å². The molecule has 7 nitrogen and oxygen atoms in total. The largest absolute Gasteiger partial charge is 0.456 e. The molecule has 0 amide bonds. The molecule has 0 aliphatic carbocycles. The van der Waals surface area contributed by atoms with Crippen molar-refractivity contribution in [2.75, 3.05) is 0 Å². The summed E-state index contributed by atoms with van der Waals surface area (Å²) in [5.41, 5.74) is 1.28. The van der Waals surface area contributed by atoms with Gasteiger partial charge in [0.15, 0.2) is 0 Å². The Labute approximate surface area is 191 Å². The molecular formula is C25H21N3O4S. The van der Waals surface area contributed by atoms with Gasteiger partial charge in [-0.3, -0.25) is 0 Å². The number of hydrogen-bond acceptors (Lipinski definition) is 6. The zero-order chi connectivity index (χ0) is 23.8. The number of rotatable bonds is 4. The van der Waals surface area contributed by atoms with Gasteiger partial charge in [0.25, 0.3) is 10.0 Å². The normalized spacial score (nSPS) is 11.8. The molecular weight excluding hydrogens is 438 g/mol. The minimum absolute atomic E-state index is 0.0420. The van der Waals surface area contributed by atoms with Crippen LogP contribution >= 0.6 is 0 Å². The molecule has 0 aliphatic rings. The predicted molar refractivity (Wildman–Crippen MR) is 124 cm³/mol. The van der Waals surface area contributed by atoms with Crippen molar-refractivity contribution in [1.82, 2.24) is 9.19 Å². The highest BCUT2D eigenvalue weighted by Crippen LogP contribution is 2.31. The van der Waals surface area contributed by atoms with Crippen LogP contribution in [-0.4, -0.2) is 29.2 Å². The van der Waals surface area contributed by atoms with Crippen LogP contribution in [-0.2, 0) is 14.8 Å². The molecule has 0 saturated carbocycles. The van der Waals surface area contributed by atoms with Crippen molar-refractivity contribution in [2.45, 2.75) is 31.3 Å². The quantitative estimate of drug-likeness (QED) is 0.408. The molecule has 0 atom stereocenters. The van der Waals surface area contributed by atoms with Gasteiger partial charge in [0, 0.05) is 10.9 Å². The number of para-hydroxylation sites is 1. The Morgan fingerprint density at radius 2 is 1.61 bits per heavy atom. The Balaban J connectivity index is 1.82. The third kappa shape index (κ3) is 4.23. The van der Waals surface area contributed by atoms with Crippen molar-refractivity contribution in [3.8, 4) is 17.3 Å². The fraction of sp³-hybridized carbons (Fsp3) is 0.160. The van der Waals surface area contributed by atoms with Gasteiger partial charge in [-0.2, -0.15) is 22.9 Å². The average molecular weight is 460 g/mol. The van der Waals surface area contributed by atoms with E-state index >= 15 is 0 Å². The third-order valence-corrected chi connectivity index (χ3v) is 6.51. The van der Waals surface area contributed by atoms with E-state index in [0.29, 0.717) is 27.7 Å². The highest BCUT2D eigenvalue weighted by molar-refractivity contribution is 7.90. The Kier molecular flexibility index (Phi) is 5.52. The van der Waals surface area contributed by atoms with Gasteiger partial charge in [-0.1, -0.05) is 42.5 Å². The van der Waals surface area contributed by atoms with E-state index in [4.69, 9.17) is 4.74 Å². The molecule has 0 spiro atoms. The first-order valence-electron chi connectivity index (χ1n) is 10.2. The Morgan fingerprint density at radius 1 is 0.970 bits per heavy atom. The summed E-state index contributed by atoms with van der Waals surface area (Å²) in [6.07, 6.45) is 0. The number of fused-ring (bicyclic) bond motifs is 1. The van der Waals surface area contributed by atoms with Crippen LogP contribution in [0.3, 0.4) is 0 Å². The lowest BCUT2D eigenvalue weighted by Crippen LogP contribution is -2.23. The number of ether oxygens (including phenoxy) is 1. The lowest BCUT2D eigenvalue weighted by molar-refractivity contribution is 0.00695. The summed E-state index contributed by atoms with van der Waals surface area (Å²) >= 11 is 0. The maximum atomic E-state index is 13.4. The summed E-state index contributed by atoms with van der Waals surface area (Å²) in [6.45, 7) is 5.38. The number of aromatic nitrogens is 2. The number of carbonyl (C=O) groups excluding carboxylic acids is 1. The Bertz CT molecular complexity index is 1510. The number of nitrogens with zero attached hydrogens (tertiary/aromatic N) is 3. The molecule has 0 bridgehead atoms. The molecule has 166 valence electrons. The highest BCUT2D eigenvalue weighted by Gasteiger charge is 2.26. The van der Waals surface area contributed by atoms with Crippen LogP contribution in [0, 0.1) is 11.3 Å². The van der Waals surface area contributed by atoms with Crippen molar-refractivity contribution in [1.29, 1.82) is 5.26 Å². The number of benzene rings is 3. The first-order chi connectivity index (χ1) is 15.6. The molecule has 1 heterocycles. The third-order valence-electron chi connectivity index (χ3n) is 4.86. The van der Waals surface area contributed by atoms with E-state index in [0.717, 1.165) is 4.09 Å². The van der Waals surface area contributed by atoms with Crippen LogP contribution < -0.4 is 0 Å². The van der Waals surface area contributed by atoms with Gasteiger partial charge in [-0.05, 0) is 51.1 Å². The van der Waals surface area contributed by atoms with Gasteiger partial charge in [0.2, 0.25) is 0 Å². The number of hydrogen-bond donors (Lipinski definition) is 0. The van der Waals surface area contributed by atoms with Crippen molar-refractivity contribution in [2.24, 2.45) is 0 Å². The summed E-state index contributed by atoms with van der Waals surface area (Å²) in [7, 11) is -4.13. The molecule has 0 N–H and O–H groups in total. The van der Waals surface area contributed by atoms with Crippen LogP contribution in [0.15, 0.2) is 77.7 Å². The van der Waals surface area contributed by atoms with E-state index in [1.807, 2.05) is 6.07 Å². The lowest BCUT2D eigenvalue weighted by atomic mass is 10.1. The summed E-state index contributed by atoms with van der Waals surface area (Å²) in [6, 6.07) is 21.5. The molecule has 1 aromatic heterocycles. The van der Waals surface area contributed by atoms with Crippen molar-refractivity contribution in [3.63, 3.8) is 0 Å². The lowest BCUT2D eigenvalue weighted by Gasteiger charge is -2.19. The second-order valence-corrected chi connectivity index (χ2v) is 10.1. The van der Waals surface area contributed by atoms with Crippen LogP contribution in [0.2, 0.25) is 0 Å². The van der Waals surface area contributed by atoms with E-state index in [9.17, 15) is 18.5 Å². The second kappa shape index (κ2) is 8.19. The van der Waals surface area contributed by atoms with Gasteiger partial charge in [-0.15, -0.1) is 0 Å². The number of nitriles is 1. The summed E-state index contributed by atoms with van der Waals surface area (Å²) < 4.78 is 33.2. The maximum absolute atomic E-state index is 13.4. The Hall–Kier alpha value is -3.96. The minimum atomic E-state index is -4.13. The number of carbonyl (C=O) groups is 1. The molecule has 8 heteroatoms. The summed E-state index contributed by atoms with van der Waals surface area (Å²) in [5, 5.41) is 14.4. The van der Waals surface area contributed by atoms with Gasteiger partial charge in [-0.25, -0.2) is 4.79 Å². The molecule has 4 rings (SSSR count). The fourth-order valence-corrected chi connectivity index (χ4v) is 4.85. The monoisotopic (exact) mass is 459 g/mol. The van der Waals surface area contributed by atoms with E-state index in [2.05, 4.69) is 5.10 Å². The highest BCUT2D eigenvalue weighted by atomic mass is 32.2. The van der Waals surface area contributed by atoms with E-state index in [-0.39, 0.29) is 10.5 Å². The standard InChI is InChI=1S/C25H21N3O4S/c1-25(2,3)32-24(29)18-14-12-17(13-15-18)23-20-9-5-6-10-21(20)28(27-23)33(30,31)22-11-7-4-8-19(22)16-26/h4-15H,1-3H3. The fourth-order valence-electron chi connectivity index (χ4n) is 3.41. The first kappa shape index (κ1) is 22.2. The molecule has 33 heavy (non-hydrogen) atoms. The second-order valence-electron chi connectivity index (χ2n) is 8.40. The van der Waals surface area contributed by atoms with E-state index in [1.165, 1.54) is 12.1 Å². The zero-order valence-electron chi connectivity index (χ0n) is 18.3. The molecule has 0 unspecified atom stereocenters. The van der Waals surface area contributed by atoms with Crippen molar-refractivity contribution in [3.05, 3.63) is 83.9 Å². The van der Waals surface area contributed by atoms with Crippen molar-refractivity contribution >= 4 is 26.9 Å². The predicted octanol–water partition coefficient (Wildman–Crippen LogP) is 4.77. The molecule has 3 aromatic carbocycles. The van der Waals surface area contributed by atoms with Crippen LogP contribution in [0.1, 0.15) is 36.7 Å². The molecule has 0 saturated heterocycles. The van der Waals surface area contributed by atoms with Crippen LogP contribution in [0.25, 0.3) is 22.2 Å². The number of esters is 1. The average Bonchev–Trinajstić information content (AvgIpc) is 3.18. The van der Waals surface area contributed by atoms with Crippen molar-refractivity contribution < 1.29 is 17.9 Å². The van der Waals surface area contributed by atoms with Gasteiger partial charge >= 0.3 is 5.97 Å². The molecule has 0 radical (unpaired) electrons. The molecule has 0 fully saturated rings. The maximum Gasteiger partial charge on any atom is 0.338 e. The SMILES string of the molecule is CC(C)(C)OC(=O)c1ccc(-c2nn(S(=O)(=O)c3ccccc3C#N)c3ccccc23)cc1. The smallest absolute Gasteiger partial charge is 0.338 e. The first-order valence-corrected chi connectivity index (χ1v) is 11.6. The van der Waals surface area contributed by atoms with E-state index in [1.54, 1.807) is 81.4 Å². The van der Waals surface area contributed by atoms with Crippen LogP contribution in [0.4, 0.5) is 0 Å². The van der Waals surface area contributed by atoms with Crippen LogP contribution in [0.5, 0.6) is 0 Å². The topological polar surface area (TPSA) is 102 Å². The van der Waals surface area contributed by atoms with E-state index < -0.39 is 21.6 Å². The Morgan fingerprint density at radius 3 is 2.27 bits per heavy atom. The molecule has 4 aromatic rings.